The van der Waals surface area contributed by atoms with Crippen molar-refractivity contribution in [3.63, 3.8) is 0 Å². The fourth-order valence-corrected chi connectivity index (χ4v) is 2.07. The molecule has 0 aliphatic rings. The van der Waals surface area contributed by atoms with Crippen molar-refractivity contribution < 1.29 is 29.0 Å². The van der Waals surface area contributed by atoms with Gasteiger partial charge in [-0.2, -0.15) is 0 Å². The molecule has 2 aromatic rings. The van der Waals surface area contributed by atoms with Gasteiger partial charge in [0.15, 0.2) is 0 Å². The molecule has 2 rings (SSSR count). The van der Waals surface area contributed by atoms with Crippen molar-refractivity contribution in [3.05, 3.63) is 47.0 Å². The van der Waals surface area contributed by atoms with Crippen LogP contribution in [0.5, 0.6) is 0 Å². The van der Waals surface area contributed by atoms with Crippen LogP contribution in [-0.2, 0) is 9.47 Å². The molecule has 1 N–H and O–H groups in total. The van der Waals surface area contributed by atoms with Crippen LogP contribution in [0.2, 0.25) is 0 Å². The van der Waals surface area contributed by atoms with E-state index in [1.165, 1.54) is 44.6 Å². The molecule has 0 bridgehead atoms. The van der Waals surface area contributed by atoms with Gasteiger partial charge in [0.1, 0.15) is 0 Å². The monoisotopic (exact) mass is 288 g/mol. The lowest BCUT2D eigenvalue weighted by Gasteiger charge is -2.09. The van der Waals surface area contributed by atoms with Gasteiger partial charge in [0.05, 0.1) is 30.9 Å². The van der Waals surface area contributed by atoms with E-state index in [2.05, 4.69) is 9.47 Å². The Kier molecular flexibility index (Phi) is 3.89. The fourth-order valence-electron chi connectivity index (χ4n) is 2.07. The third kappa shape index (κ3) is 2.55. The van der Waals surface area contributed by atoms with Crippen LogP contribution >= 0.6 is 0 Å². The van der Waals surface area contributed by atoms with Crippen LogP contribution in [0.25, 0.3) is 10.8 Å². The van der Waals surface area contributed by atoms with E-state index in [0.29, 0.717) is 16.3 Å². The highest BCUT2D eigenvalue weighted by molar-refractivity contribution is 6.13. The van der Waals surface area contributed by atoms with Gasteiger partial charge in [0, 0.05) is 0 Å². The van der Waals surface area contributed by atoms with Crippen molar-refractivity contribution in [3.8, 4) is 0 Å². The predicted octanol–water partition coefficient (Wildman–Crippen LogP) is 2.11. The number of methoxy groups -OCH3 is 2. The van der Waals surface area contributed by atoms with Crippen molar-refractivity contribution in [2.24, 2.45) is 0 Å². The molecule has 0 saturated carbocycles. The standard InChI is InChI=1S/C15H12O6/c1-20-14(18)9-4-5-10-8(7-9)3-6-11(13(16)17)12(10)15(19)21-2/h3-7H,1-2H3,(H,16,17). The molecule has 0 heterocycles. The Morgan fingerprint density at radius 3 is 2.19 bits per heavy atom. The molecule has 21 heavy (non-hydrogen) atoms. The average molecular weight is 288 g/mol. The topological polar surface area (TPSA) is 89.9 Å². The molecular weight excluding hydrogens is 276 g/mol. The molecule has 6 nitrogen and oxygen atoms in total. The third-order valence-electron chi connectivity index (χ3n) is 3.06. The Labute approximate surface area is 119 Å². The first-order valence-electron chi connectivity index (χ1n) is 5.96. The van der Waals surface area contributed by atoms with Crippen molar-refractivity contribution >= 4 is 28.7 Å². The zero-order chi connectivity index (χ0) is 15.6. The number of fused-ring (bicyclic) bond motifs is 1. The summed E-state index contributed by atoms with van der Waals surface area (Å²) < 4.78 is 9.26. The summed E-state index contributed by atoms with van der Waals surface area (Å²) in [6.07, 6.45) is 0. The molecule has 0 unspecified atom stereocenters. The minimum Gasteiger partial charge on any atom is -0.478 e. The van der Waals surface area contributed by atoms with E-state index in [4.69, 9.17) is 5.11 Å². The van der Waals surface area contributed by atoms with E-state index in [1.807, 2.05) is 0 Å². The highest BCUT2D eigenvalue weighted by Gasteiger charge is 2.21. The molecule has 6 heteroatoms. The van der Waals surface area contributed by atoms with Gasteiger partial charge in [0.2, 0.25) is 0 Å². The number of hydrogen-bond acceptors (Lipinski definition) is 5. The molecule has 0 aliphatic carbocycles. The number of carbonyl (C=O) groups excluding carboxylic acids is 2. The number of ether oxygens (including phenoxy) is 2. The molecule has 0 atom stereocenters. The van der Waals surface area contributed by atoms with Gasteiger partial charge >= 0.3 is 17.9 Å². The average Bonchev–Trinajstić information content (AvgIpc) is 2.51. The number of carboxylic acids is 1. The molecule has 108 valence electrons. The zero-order valence-corrected chi connectivity index (χ0v) is 11.4. The van der Waals surface area contributed by atoms with Gasteiger partial charge in [-0.1, -0.05) is 12.1 Å². The van der Waals surface area contributed by atoms with Crippen LogP contribution in [-0.4, -0.2) is 37.2 Å². The Hall–Kier alpha value is -2.89. The Morgan fingerprint density at radius 2 is 1.62 bits per heavy atom. The van der Waals surface area contributed by atoms with Crippen molar-refractivity contribution in [1.82, 2.24) is 0 Å². The van der Waals surface area contributed by atoms with E-state index in [-0.39, 0.29) is 11.1 Å². The normalized spacial score (nSPS) is 10.2. The number of aromatic carboxylic acids is 1. The maximum atomic E-state index is 11.9. The Balaban J connectivity index is 2.75. The molecule has 0 aromatic heterocycles. The molecule has 0 radical (unpaired) electrons. The first-order chi connectivity index (χ1) is 9.99. The first kappa shape index (κ1) is 14.5. The van der Waals surface area contributed by atoms with Crippen molar-refractivity contribution in [2.45, 2.75) is 0 Å². The summed E-state index contributed by atoms with van der Waals surface area (Å²) in [7, 11) is 2.44. The lowest BCUT2D eigenvalue weighted by atomic mass is 9.97. The Bertz CT molecular complexity index is 747. The van der Waals surface area contributed by atoms with Crippen LogP contribution < -0.4 is 0 Å². The molecule has 0 spiro atoms. The van der Waals surface area contributed by atoms with Gasteiger partial charge in [0.25, 0.3) is 0 Å². The van der Waals surface area contributed by atoms with Gasteiger partial charge in [-0.25, -0.2) is 14.4 Å². The van der Waals surface area contributed by atoms with Crippen molar-refractivity contribution in [2.75, 3.05) is 14.2 Å². The molecule has 0 amide bonds. The summed E-state index contributed by atoms with van der Waals surface area (Å²) in [6.45, 7) is 0. The predicted molar refractivity (Wildman–Crippen MR) is 73.6 cm³/mol. The lowest BCUT2D eigenvalue weighted by Crippen LogP contribution is -2.11. The third-order valence-corrected chi connectivity index (χ3v) is 3.06. The van der Waals surface area contributed by atoms with Gasteiger partial charge in [-0.15, -0.1) is 0 Å². The first-order valence-corrected chi connectivity index (χ1v) is 5.96. The largest absolute Gasteiger partial charge is 0.478 e. The second kappa shape index (κ2) is 5.62. The summed E-state index contributed by atoms with van der Waals surface area (Å²) in [6, 6.07) is 7.32. The van der Waals surface area contributed by atoms with E-state index in [0.717, 1.165) is 0 Å². The molecule has 0 fully saturated rings. The maximum absolute atomic E-state index is 11.9. The minimum atomic E-state index is -1.23. The quantitative estimate of drug-likeness (QED) is 0.870. The number of rotatable bonds is 3. The van der Waals surface area contributed by atoms with E-state index in [9.17, 15) is 14.4 Å². The van der Waals surface area contributed by atoms with Gasteiger partial charge in [-0.3, -0.25) is 0 Å². The van der Waals surface area contributed by atoms with Gasteiger partial charge in [-0.05, 0) is 29.0 Å². The summed E-state index contributed by atoms with van der Waals surface area (Å²) in [4.78, 5) is 34.6. The van der Waals surface area contributed by atoms with Crippen LogP contribution in [0.4, 0.5) is 0 Å². The highest BCUT2D eigenvalue weighted by atomic mass is 16.5. The van der Waals surface area contributed by atoms with E-state index >= 15 is 0 Å². The van der Waals surface area contributed by atoms with Gasteiger partial charge < -0.3 is 14.6 Å². The number of benzene rings is 2. The van der Waals surface area contributed by atoms with Crippen LogP contribution in [0.3, 0.4) is 0 Å². The van der Waals surface area contributed by atoms with Crippen LogP contribution in [0, 0.1) is 0 Å². The summed E-state index contributed by atoms with van der Waals surface area (Å²) in [5.41, 5.74) is 0.114. The number of esters is 2. The second-order valence-corrected chi connectivity index (χ2v) is 4.21. The summed E-state index contributed by atoms with van der Waals surface area (Å²) in [5, 5.41) is 10.1. The summed E-state index contributed by atoms with van der Waals surface area (Å²) in [5.74, 6) is -2.49. The van der Waals surface area contributed by atoms with E-state index < -0.39 is 17.9 Å². The zero-order valence-electron chi connectivity index (χ0n) is 11.4. The van der Waals surface area contributed by atoms with E-state index in [1.54, 1.807) is 0 Å². The number of carbonyl (C=O) groups is 3. The minimum absolute atomic E-state index is 0.0427. The SMILES string of the molecule is COC(=O)c1ccc2c(C(=O)OC)c(C(=O)O)ccc2c1. The number of carboxylic acid groups (broad SMARTS) is 1. The molecule has 0 saturated heterocycles. The van der Waals surface area contributed by atoms with Crippen molar-refractivity contribution in [1.29, 1.82) is 0 Å². The number of hydrogen-bond donors (Lipinski definition) is 1. The fraction of sp³-hybridized carbons (Fsp3) is 0.133. The highest BCUT2D eigenvalue weighted by Crippen LogP contribution is 2.25. The lowest BCUT2D eigenvalue weighted by molar-refractivity contribution is 0.0584. The maximum Gasteiger partial charge on any atom is 0.339 e. The second-order valence-electron chi connectivity index (χ2n) is 4.21. The Morgan fingerprint density at radius 1 is 0.952 bits per heavy atom. The molecule has 0 aliphatic heterocycles. The molecule has 2 aromatic carbocycles. The van der Waals surface area contributed by atoms with Crippen LogP contribution in [0.15, 0.2) is 30.3 Å². The summed E-state index contributed by atoms with van der Waals surface area (Å²) >= 11 is 0. The molecular formula is C15H12O6. The van der Waals surface area contributed by atoms with Crippen LogP contribution in [0.1, 0.15) is 31.1 Å². The smallest absolute Gasteiger partial charge is 0.339 e.